The summed E-state index contributed by atoms with van der Waals surface area (Å²) in [5, 5.41) is 9.56. The summed E-state index contributed by atoms with van der Waals surface area (Å²) in [6.45, 7) is 0.871. The van der Waals surface area contributed by atoms with Gasteiger partial charge in [-0.15, -0.1) is 0 Å². The largest absolute Gasteiger partial charge is 0.490 e. The first kappa shape index (κ1) is 23.5. The first-order valence-corrected chi connectivity index (χ1v) is 10.4. The van der Waals surface area contributed by atoms with E-state index in [2.05, 4.69) is 16.0 Å². The van der Waals surface area contributed by atoms with Crippen LogP contribution in [-0.2, 0) is 4.74 Å². The van der Waals surface area contributed by atoms with Crippen LogP contribution in [-0.4, -0.2) is 31.3 Å². The van der Waals surface area contributed by atoms with Crippen molar-refractivity contribution >= 4 is 51.9 Å². The Hall–Kier alpha value is -3.20. The molecule has 166 valence electrons. The molecule has 3 N–H and O–H groups in total. The van der Waals surface area contributed by atoms with Crippen LogP contribution in [0.2, 0.25) is 5.02 Å². The number of anilines is 3. The number of carbonyl (C=O) groups excluding carboxylic acids is 1. The second-order valence-corrected chi connectivity index (χ2v) is 7.39. The van der Waals surface area contributed by atoms with Crippen molar-refractivity contribution in [2.24, 2.45) is 0 Å². The van der Waals surface area contributed by atoms with Crippen LogP contribution in [0.5, 0.6) is 5.75 Å². The number of halogens is 2. The maximum atomic E-state index is 13.7. The van der Waals surface area contributed by atoms with Gasteiger partial charge in [0.1, 0.15) is 18.2 Å². The molecule has 32 heavy (non-hydrogen) atoms. The second-order valence-electron chi connectivity index (χ2n) is 6.58. The van der Waals surface area contributed by atoms with Gasteiger partial charge in [0, 0.05) is 24.2 Å². The number of methoxy groups -OCH3 is 1. The normalized spacial score (nSPS) is 10.3. The minimum absolute atomic E-state index is 0.0196. The Kier molecular flexibility index (Phi) is 8.38. The van der Waals surface area contributed by atoms with Crippen LogP contribution in [0.25, 0.3) is 0 Å². The molecule has 0 saturated carbocycles. The van der Waals surface area contributed by atoms with Crippen LogP contribution >= 0.6 is 23.8 Å². The minimum Gasteiger partial charge on any atom is -0.490 e. The van der Waals surface area contributed by atoms with Gasteiger partial charge in [0.05, 0.1) is 17.2 Å². The van der Waals surface area contributed by atoms with Crippen LogP contribution in [0.15, 0.2) is 66.7 Å². The summed E-state index contributed by atoms with van der Waals surface area (Å²) in [6.07, 6.45) is 0. The SMILES string of the molecule is COCCOc1ccc(NC(=S)Nc2ccc(NC(=O)c3ccccc3F)cc2)cc1Cl. The number of carbonyl (C=O) groups is 1. The zero-order valence-corrected chi connectivity index (χ0v) is 18.7. The predicted molar refractivity (Wildman–Crippen MR) is 129 cm³/mol. The minimum atomic E-state index is -0.575. The average molecular weight is 474 g/mol. The third-order valence-electron chi connectivity index (χ3n) is 4.25. The van der Waals surface area contributed by atoms with Crippen LogP contribution in [0.3, 0.4) is 0 Å². The Labute approximate surface area is 195 Å². The number of amides is 1. The number of ether oxygens (including phenoxy) is 2. The lowest BCUT2D eigenvalue weighted by Gasteiger charge is -2.13. The van der Waals surface area contributed by atoms with E-state index in [9.17, 15) is 9.18 Å². The molecule has 6 nitrogen and oxygen atoms in total. The van der Waals surface area contributed by atoms with Gasteiger partial charge in [-0.25, -0.2) is 4.39 Å². The average Bonchev–Trinajstić information content (AvgIpc) is 2.77. The molecule has 0 aromatic heterocycles. The molecule has 0 spiro atoms. The van der Waals surface area contributed by atoms with Crippen molar-refractivity contribution in [3.8, 4) is 5.75 Å². The van der Waals surface area contributed by atoms with Gasteiger partial charge in [-0.3, -0.25) is 4.79 Å². The molecule has 0 saturated heterocycles. The van der Waals surface area contributed by atoms with E-state index in [1.807, 2.05) is 0 Å². The topological polar surface area (TPSA) is 71.6 Å². The summed E-state index contributed by atoms with van der Waals surface area (Å²) in [7, 11) is 1.60. The Morgan fingerprint density at radius 1 is 0.938 bits per heavy atom. The molecule has 0 radical (unpaired) electrons. The number of rotatable bonds is 8. The Morgan fingerprint density at radius 3 is 2.22 bits per heavy atom. The molecule has 3 aromatic carbocycles. The molecule has 9 heteroatoms. The monoisotopic (exact) mass is 473 g/mol. The molecule has 3 rings (SSSR count). The standard InChI is InChI=1S/C23H21ClFN3O3S/c1-30-12-13-31-21-11-10-17(14-19(21)24)28-23(32)27-16-8-6-15(7-9-16)26-22(29)18-4-2-3-5-20(18)25/h2-11,14H,12-13H2,1H3,(H,26,29)(H2,27,28,32). The third kappa shape index (κ3) is 6.65. The van der Waals surface area contributed by atoms with E-state index < -0.39 is 11.7 Å². The van der Waals surface area contributed by atoms with Crippen LogP contribution < -0.4 is 20.7 Å². The maximum absolute atomic E-state index is 13.7. The lowest BCUT2D eigenvalue weighted by molar-refractivity contribution is 0.102. The highest BCUT2D eigenvalue weighted by atomic mass is 35.5. The van der Waals surface area contributed by atoms with Gasteiger partial charge >= 0.3 is 0 Å². The van der Waals surface area contributed by atoms with Crippen molar-refractivity contribution in [3.63, 3.8) is 0 Å². The summed E-state index contributed by atoms with van der Waals surface area (Å²) in [4.78, 5) is 12.2. The fourth-order valence-corrected chi connectivity index (χ4v) is 3.18. The van der Waals surface area contributed by atoms with E-state index in [-0.39, 0.29) is 5.56 Å². The van der Waals surface area contributed by atoms with Crippen molar-refractivity contribution in [2.45, 2.75) is 0 Å². The van der Waals surface area contributed by atoms with Gasteiger partial charge in [-0.2, -0.15) is 0 Å². The van der Waals surface area contributed by atoms with Gasteiger partial charge < -0.3 is 25.4 Å². The zero-order chi connectivity index (χ0) is 22.9. The first-order chi connectivity index (χ1) is 15.5. The van der Waals surface area contributed by atoms with E-state index in [1.54, 1.807) is 55.6 Å². The molecule has 0 aliphatic carbocycles. The fourth-order valence-electron chi connectivity index (χ4n) is 2.70. The molecule has 0 aliphatic rings. The lowest BCUT2D eigenvalue weighted by Crippen LogP contribution is -2.19. The Balaban J connectivity index is 1.54. The van der Waals surface area contributed by atoms with Gasteiger partial charge in [-0.05, 0) is 66.8 Å². The van der Waals surface area contributed by atoms with Crippen LogP contribution in [0.4, 0.5) is 21.5 Å². The summed E-state index contributed by atoms with van der Waals surface area (Å²) in [6, 6.07) is 17.9. The summed E-state index contributed by atoms with van der Waals surface area (Å²) >= 11 is 11.6. The number of hydrogen-bond acceptors (Lipinski definition) is 4. The Morgan fingerprint density at radius 2 is 1.56 bits per heavy atom. The molecule has 3 aromatic rings. The fraction of sp³-hybridized carbons (Fsp3) is 0.130. The molecular weight excluding hydrogens is 453 g/mol. The third-order valence-corrected chi connectivity index (χ3v) is 4.75. The van der Waals surface area contributed by atoms with Crippen LogP contribution in [0.1, 0.15) is 10.4 Å². The first-order valence-electron chi connectivity index (χ1n) is 9.61. The van der Waals surface area contributed by atoms with E-state index in [0.717, 1.165) is 0 Å². The molecule has 0 atom stereocenters. The van der Waals surface area contributed by atoms with Crippen molar-refractivity contribution in [3.05, 3.63) is 83.1 Å². The van der Waals surface area contributed by atoms with Crippen LogP contribution in [0, 0.1) is 5.82 Å². The second kappa shape index (κ2) is 11.4. The van der Waals surface area contributed by atoms with Gasteiger partial charge in [0.2, 0.25) is 0 Å². The molecule has 0 fully saturated rings. The molecular formula is C23H21ClFN3O3S. The molecule has 0 bridgehead atoms. The smallest absolute Gasteiger partial charge is 0.258 e. The number of benzene rings is 3. The highest BCUT2D eigenvalue weighted by molar-refractivity contribution is 7.80. The van der Waals surface area contributed by atoms with Crippen molar-refractivity contribution in [1.29, 1.82) is 0 Å². The van der Waals surface area contributed by atoms with E-state index in [0.29, 0.717) is 46.2 Å². The van der Waals surface area contributed by atoms with Gasteiger partial charge in [0.25, 0.3) is 5.91 Å². The summed E-state index contributed by atoms with van der Waals surface area (Å²) in [5.41, 5.74) is 1.91. The zero-order valence-electron chi connectivity index (χ0n) is 17.2. The quantitative estimate of drug-likeness (QED) is 0.293. The highest BCUT2D eigenvalue weighted by Crippen LogP contribution is 2.28. The predicted octanol–water partition coefficient (Wildman–Crippen LogP) is 5.57. The molecule has 0 heterocycles. The van der Waals surface area contributed by atoms with Crippen molar-refractivity contribution < 1.29 is 18.7 Å². The number of hydrogen-bond donors (Lipinski definition) is 3. The van der Waals surface area contributed by atoms with E-state index in [4.69, 9.17) is 33.3 Å². The van der Waals surface area contributed by atoms with Crippen molar-refractivity contribution in [1.82, 2.24) is 0 Å². The Bertz CT molecular complexity index is 1100. The van der Waals surface area contributed by atoms with Crippen molar-refractivity contribution in [2.75, 3.05) is 36.3 Å². The molecule has 1 amide bonds. The number of thiocarbonyl (C=S) groups is 1. The lowest BCUT2D eigenvalue weighted by atomic mass is 10.2. The molecule has 0 aliphatic heterocycles. The summed E-state index contributed by atoms with van der Waals surface area (Å²) < 4.78 is 24.2. The maximum Gasteiger partial charge on any atom is 0.258 e. The van der Waals surface area contributed by atoms with Gasteiger partial charge in [0.15, 0.2) is 5.11 Å². The molecule has 0 unspecified atom stereocenters. The number of nitrogens with one attached hydrogen (secondary N) is 3. The van der Waals surface area contributed by atoms with Gasteiger partial charge in [-0.1, -0.05) is 23.7 Å². The summed E-state index contributed by atoms with van der Waals surface area (Å²) in [5.74, 6) is -0.539. The van der Waals surface area contributed by atoms with E-state index in [1.165, 1.54) is 18.2 Å². The van der Waals surface area contributed by atoms with E-state index >= 15 is 0 Å². The highest BCUT2D eigenvalue weighted by Gasteiger charge is 2.11.